The van der Waals surface area contributed by atoms with E-state index in [1.165, 1.54) is 43.8 Å². The Morgan fingerprint density at radius 1 is 0.553 bits per heavy atom. The van der Waals surface area contributed by atoms with Crippen LogP contribution in [-0.2, 0) is 4.74 Å². The maximum absolute atomic E-state index is 5.78. The lowest BCUT2D eigenvalue weighted by molar-refractivity contribution is 0.300. The fourth-order valence-electron chi connectivity index (χ4n) is 6.56. The second kappa shape index (κ2) is 9.50. The normalized spacial score (nSPS) is 24.8. The summed E-state index contributed by atoms with van der Waals surface area (Å²) in [6, 6.07) is 28.6. The lowest BCUT2D eigenvalue weighted by atomic mass is 9.68. The molecule has 0 amide bonds. The first-order valence-electron chi connectivity index (χ1n) is 13.5. The summed E-state index contributed by atoms with van der Waals surface area (Å²) in [5.74, 6) is 2.16. The first-order valence-corrected chi connectivity index (χ1v) is 13.5. The molecule has 0 saturated heterocycles. The summed E-state index contributed by atoms with van der Waals surface area (Å²) in [6.45, 7) is 0. The van der Waals surface area contributed by atoms with Gasteiger partial charge in [0.2, 0.25) is 0 Å². The van der Waals surface area contributed by atoms with Gasteiger partial charge in [-0.15, -0.1) is 0 Å². The molecule has 1 nitrogen and oxygen atoms in total. The third-order valence-corrected chi connectivity index (χ3v) is 8.31. The molecule has 0 N–H and O–H groups in total. The number of fused-ring (bicyclic) bond motifs is 3. The maximum Gasteiger partial charge on any atom is 0.115 e. The number of hydrogen-bond acceptors (Lipinski definition) is 1. The van der Waals surface area contributed by atoms with Crippen LogP contribution in [0.1, 0.15) is 5.56 Å². The van der Waals surface area contributed by atoms with E-state index in [9.17, 15) is 0 Å². The summed E-state index contributed by atoms with van der Waals surface area (Å²) in [4.78, 5) is 0. The van der Waals surface area contributed by atoms with E-state index in [1.54, 1.807) is 7.11 Å². The molecule has 1 heteroatoms. The Hall–Kier alpha value is -4.36. The molecule has 4 unspecified atom stereocenters. The van der Waals surface area contributed by atoms with Crippen LogP contribution in [0.25, 0.3) is 22.3 Å². The van der Waals surface area contributed by atoms with Crippen LogP contribution in [-0.4, -0.2) is 7.11 Å². The molecule has 4 aliphatic rings. The Morgan fingerprint density at radius 2 is 1.24 bits per heavy atom. The number of benzene rings is 3. The molecule has 4 aliphatic carbocycles. The standard InChI is InChI=1S/C37H30O/c1-38-29-21-22-34-35(24-29)37(31-16-8-7-15-30(31)26-12-3-2-4-13-26)33-18-10-9-17-32(33)36(34)28-20-19-25-11-5-6-14-27(25)23-28/h2-25,27,34-35H,1H3. The van der Waals surface area contributed by atoms with Crippen molar-refractivity contribution in [2.45, 2.75) is 0 Å². The zero-order chi connectivity index (χ0) is 25.5. The average molecular weight is 491 g/mol. The van der Waals surface area contributed by atoms with Gasteiger partial charge in [0, 0.05) is 23.7 Å². The second-order valence-corrected chi connectivity index (χ2v) is 10.4. The van der Waals surface area contributed by atoms with Crippen LogP contribution in [0.15, 0.2) is 151 Å². The molecule has 0 spiro atoms. The summed E-state index contributed by atoms with van der Waals surface area (Å²) in [5.41, 5.74) is 7.90. The first kappa shape index (κ1) is 22.8. The number of methoxy groups -OCH3 is 1. The average Bonchev–Trinajstić information content (AvgIpc) is 2.99. The maximum atomic E-state index is 5.78. The summed E-state index contributed by atoms with van der Waals surface area (Å²) in [5, 5.41) is 2.64. The minimum Gasteiger partial charge on any atom is -0.497 e. The first-order chi connectivity index (χ1) is 18.8. The van der Waals surface area contributed by atoms with Crippen LogP contribution in [0.4, 0.5) is 0 Å². The van der Waals surface area contributed by atoms with Crippen molar-refractivity contribution in [1.82, 2.24) is 0 Å². The van der Waals surface area contributed by atoms with Crippen LogP contribution in [0.2, 0.25) is 0 Å². The van der Waals surface area contributed by atoms with E-state index in [4.69, 9.17) is 4.74 Å². The van der Waals surface area contributed by atoms with E-state index in [-0.39, 0.29) is 11.8 Å². The van der Waals surface area contributed by atoms with Gasteiger partial charge in [0.05, 0.1) is 7.11 Å². The molecule has 0 radical (unpaired) electrons. The highest BCUT2D eigenvalue weighted by atomic mass is 16.5. The van der Waals surface area contributed by atoms with Crippen molar-refractivity contribution in [1.29, 1.82) is 0 Å². The molecule has 0 heterocycles. The zero-order valence-corrected chi connectivity index (χ0v) is 21.5. The highest BCUT2D eigenvalue weighted by molar-refractivity contribution is 5.87. The predicted octanol–water partition coefficient (Wildman–Crippen LogP) is 6.90. The van der Waals surface area contributed by atoms with Gasteiger partial charge in [0.15, 0.2) is 0 Å². The Balaban J connectivity index is 1.54. The fourth-order valence-corrected chi connectivity index (χ4v) is 6.56. The minimum atomic E-state index is 0.165. The Labute approximate surface area is 224 Å². The molecule has 3 aromatic rings. The van der Waals surface area contributed by atoms with Crippen LogP contribution in [0.5, 0.6) is 0 Å². The molecular formula is C37H30O. The van der Waals surface area contributed by atoms with Crippen molar-refractivity contribution in [2.24, 2.45) is 23.7 Å². The molecule has 0 bridgehead atoms. The van der Waals surface area contributed by atoms with Crippen molar-refractivity contribution < 1.29 is 4.74 Å². The molecular weight excluding hydrogens is 460 g/mol. The van der Waals surface area contributed by atoms with E-state index in [0.29, 0.717) is 11.8 Å². The van der Waals surface area contributed by atoms with E-state index < -0.39 is 0 Å². The minimum absolute atomic E-state index is 0.165. The molecule has 7 rings (SSSR count). The SMILES string of the molecule is COC1=CC2C(c3ccccc3-c3ccccc3)=c3ccccc3=C(C3=CC4C=CC=CC4C=C3)C2C=C1. The van der Waals surface area contributed by atoms with Crippen LogP contribution in [0.3, 0.4) is 0 Å². The Morgan fingerprint density at radius 3 is 2.03 bits per heavy atom. The van der Waals surface area contributed by atoms with Gasteiger partial charge in [-0.05, 0) is 56.0 Å². The lowest BCUT2D eigenvalue weighted by Crippen LogP contribution is -2.41. The third-order valence-electron chi connectivity index (χ3n) is 8.31. The number of ether oxygens (including phenoxy) is 1. The molecule has 3 aromatic carbocycles. The molecule has 0 aromatic heterocycles. The van der Waals surface area contributed by atoms with Gasteiger partial charge >= 0.3 is 0 Å². The molecule has 0 fully saturated rings. The van der Waals surface area contributed by atoms with Gasteiger partial charge in [-0.2, -0.15) is 0 Å². The van der Waals surface area contributed by atoms with Gasteiger partial charge in [-0.25, -0.2) is 0 Å². The van der Waals surface area contributed by atoms with Crippen LogP contribution in [0, 0.1) is 23.7 Å². The van der Waals surface area contributed by atoms with E-state index >= 15 is 0 Å². The van der Waals surface area contributed by atoms with Crippen LogP contribution >= 0.6 is 0 Å². The van der Waals surface area contributed by atoms with Crippen LogP contribution < -0.4 is 10.4 Å². The lowest BCUT2D eigenvalue weighted by Gasteiger charge is -2.36. The second-order valence-electron chi connectivity index (χ2n) is 10.4. The summed E-state index contributed by atoms with van der Waals surface area (Å²) in [7, 11) is 1.77. The molecule has 4 atom stereocenters. The highest BCUT2D eigenvalue weighted by Gasteiger charge is 2.35. The predicted molar refractivity (Wildman–Crippen MR) is 157 cm³/mol. The largest absolute Gasteiger partial charge is 0.497 e. The zero-order valence-electron chi connectivity index (χ0n) is 21.5. The Kier molecular flexibility index (Phi) is 5.70. The monoisotopic (exact) mass is 490 g/mol. The molecule has 38 heavy (non-hydrogen) atoms. The fraction of sp³-hybridized carbons (Fsp3) is 0.135. The van der Waals surface area contributed by atoms with Gasteiger partial charge < -0.3 is 4.74 Å². The van der Waals surface area contributed by atoms with Gasteiger partial charge in [0.1, 0.15) is 5.76 Å². The number of allylic oxidation sites excluding steroid dienone is 11. The number of rotatable bonds is 4. The molecule has 184 valence electrons. The van der Waals surface area contributed by atoms with Gasteiger partial charge in [-0.1, -0.05) is 127 Å². The molecule has 0 saturated carbocycles. The van der Waals surface area contributed by atoms with Crippen molar-refractivity contribution in [3.8, 4) is 11.1 Å². The smallest absolute Gasteiger partial charge is 0.115 e. The molecule has 0 aliphatic heterocycles. The number of hydrogen-bond donors (Lipinski definition) is 0. The van der Waals surface area contributed by atoms with Gasteiger partial charge in [0.25, 0.3) is 0 Å². The van der Waals surface area contributed by atoms with E-state index in [1.807, 2.05) is 0 Å². The summed E-state index contributed by atoms with van der Waals surface area (Å²) < 4.78 is 5.78. The van der Waals surface area contributed by atoms with Crippen molar-refractivity contribution in [3.63, 3.8) is 0 Å². The van der Waals surface area contributed by atoms with Crippen molar-refractivity contribution >= 4 is 11.1 Å². The van der Waals surface area contributed by atoms with E-state index in [0.717, 1.165) is 5.76 Å². The summed E-state index contributed by atoms with van der Waals surface area (Å²) in [6.07, 6.45) is 23.0. The van der Waals surface area contributed by atoms with E-state index in [2.05, 4.69) is 140 Å². The van der Waals surface area contributed by atoms with Crippen molar-refractivity contribution in [3.05, 3.63) is 167 Å². The van der Waals surface area contributed by atoms with Crippen molar-refractivity contribution in [2.75, 3.05) is 7.11 Å². The summed E-state index contributed by atoms with van der Waals surface area (Å²) >= 11 is 0. The topological polar surface area (TPSA) is 9.23 Å². The Bertz CT molecular complexity index is 1710. The highest BCUT2D eigenvalue weighted by Crippen LogP contribution is 2.45. The quantitative estimate of drug-likeness (QED) is 0.386. The third kappa shape index (κ3) is 3.78. The van der Waals surface area contributed by atoms with Gasteiger partial charge in [-0.3, -0.25) is 0 Å².